The molecular formula is C11H18N6O3S. The SMILES string of the molecule is CNC(=O)CNC(=O)CSc1nnnn1C[C@@H]1CCCO1. The van der Waals surface area contributed by atoms with Crippen molar-refractivity contribution in [3.63, 3.8) is 0 Å². The Kier molecular flexibility index (Phi) is 5.93. The van der Waals surface area contributed by atoms with Crippen molar-refractivity contribution >= 4 is 23.6 Å². The zero-order chi connectivity index (χ0) is 15.1. The summed E-state index contributed by atoms with van der Waals surface area (Å²) in [6, 6.07) is 0. The first kappa shape index (κ1) is 15.7. The topological polar surface area (TPSA) is 111 Å². The average molecular weight is 314 g/mol. The highest BCUT2D eigenvalue weighted by atomic mass is 32.2. The first-order chi connectivity index (χ1) is 10.2. The van der Waals surface area contributed by atoms with E-state index in [9.17, 15) is 9.59 Å². The third kappa shape index (κ3) is 4.97. The first-order valence-electron chi connectivity index (χ1n) is 6.67. The predicted octanol–water partition coefficient (Wildman–Crippen LogP) is -1.19. The van der Waals surface area contributed by atoms with Gasteiger partial charge in [0.15, 0.2) is 0 Å². The fraction of sp³-hybridized carbons (Fsp3) is 0.727. The Labute approximate surface area is 126 Å². The van der Waals surface area contributed by atoms with Crippen LogP contribution in [-0.2, 0) is 20.9 Å². The van der Waals surface area contributed by atoms with E-state index in [1.165, 1.54) is 18.8 Å². The van der Waals surface area contributed by atoms with Gasteiger partial charge in [-0.15, -0.1) is 5.10 Å². The summed E-state index contributed by atoms with van der Waals surface area (Å²) < 4.78 is 7.18. The molecule has 116 valence electrons. The lowest BCUT2D eigenvalue weighted by molar-refractivity contribution is -0.124. The summed E-state index contributed by atoms with van der Waals surface area (Å²) in [4.78, 5) is 22.6. The monoisotopic (exact) mass is 314 g/mol. The Morgan fingerprint density at radius 2 is 2.33 bits per heavy atom. The number of amides is 2. The zero-order valence-corrected chi connectivity index (χ0v) is 12.6. The van der Waals surface area contributed by atoms with Gasteiger partial charge in [0, 0.05) is 13.7 Å². The molecule has 0 bridgehead atoms. The van der Waals surface area contributed by atoms with E-state index in [-0.39, 0.29) is 30.2 Å². The summed E-state index contributed by atoms with van der Waals surface area (Å²) in [5.41, 5.74) is 0. The predicted molar refractivity (Wildman–Crippen MR) is 74.6 cm³/mol. The molecule has 0 radical (unpaired) electrons. The lowest BCUT2D eigenvalue weighted by atomic mass is 10.2. The molecule has 1 atom stereocenters. The molecule has 0 unspecified atom stereocenters. The molecule has 1 aliphatic rings. The van der Waals surface area contributed by atoms with Gasteiger partial charge in [0.1, 0.15) is 0 Å². The molecule has 9 nitrogen and oxygen atoms in total. The largest absolute Gasteiger partial charge is 0.376 e. The molecule has 2 N–H and O–H groups in total. The van der Waals surface area contributed by atoms with Gasteiger partial charge in [0.2, 0.25) is 17.0 Å². The van der Waals surface area contributed by atoms with E-state index in [4.69, 9.17) is 4.74 Å². The van der Waals surface area contributed by atoms with E-state index in [0.717, 1.165) is 19.4 Å². The Morgan fingerprint density at radius 1 is 1.48 bits per heavy atom. The quantitative estimate of drug-likeness (QED) is 0.608. The van der Waals surface area contributed by atoms with E-state index in [1.807, 2.05) is 0 Å². The Balaban J connectivity index is 1.76. The number of nitrogens with one attached hydrogen (secondary N) is 2. The first-order valence-corrected chi connectivity index (χ1v) is 7.65. The Bertz CT molecular complexity index is 488. The van der Waals surface area contributed by atoms with Crippen LogP contribution in [0.1, 0.15) is 12.8 Å². The van der Waals surface area contributed by atoms with Gasteiger partial charge in [-0.3, -0.25) is 9.59 Å². The molecule has 1 saturated heterocycles. The number of thioether (sulfide) groups is 1. The third-order valence-corrected chi connectivity index (χ3v) is 3.91. The molecule has 1 aromatic heterocycles. The number of likely N-dealkylation sites (N-methyl/N-ethyl adjacent to an activating group) is 1. The van der Waals surface area contributed by atoms with Gasteiger partial charge in [-0.2, -0.15) is 0 Å². The molecule has 0 spiro atoms. The van der Waals surface area contributed by atoms with Gasteiger partial charge in [-0.25, -0.2) is 4.68 Å². The molecule has 0 saturated carbocycles. The fourth-order valence-corrected chi connectivity index (χ4v) is 2.56. The van der Waals surface area contributed by atoms with Crippen LogP contribution in [0.2, 0.25) is 0 Å². The molecular weight excluding hydrogens is 296 g/mol. The van der Waals surface area contributed by atoms with Gasteiger partial charge < -0.3 is 15.4 Å². The third-order valence-electron chi connectivity index (χ3n) is 2.96. The molecule has 2 heterocycles. The van der Waals surface area contributed by atoms with Crippen molar-refractivity contribution in [2.24, 2.45) is 0 Å². The minimum atomic E-state index is -0.240. The number of ether oxygens (including phenoxy) is 1. The molecule has 0 aliphatic carbocycles. The maximum absolute atomic E-state index is 11.6. The van der Waals surface area contributed by atoms with Crippen molar-refractivity contribution < 1.29 is 14.3 Å². The van der Waals surface area contributed by atoms with Crippen LogP contribution < -0.4 is 10.6 Å². The van der Waals surface area contributed by atoms with E-state index in [0.29, 0.717) is 11.7 Å². The van der Waals surface area contributed by atoms with Crippen molar-refractivity contribution in [1.29, 1.82) is 0 Å². The zero-order valence-electron chi connectivity index (χ0n) is 11.7. The lowest BCUT2D eigenvalue weighted by Gasteiger charge is -2.09. The normalized spacial score (nSPS) is 17.7. The molecule has 1 fully saturated rings. The number of carbonyl (C=O) groups excluding carboxylic acids is 2. The number of nitrogens with zero attached hydrogens (tertiary/aromatic N) is 4. The van der Waals surface area contributed by atoms with Crippen LogP contribution >= 0.6 is 11.8 Å². The number of aromatic nitrogens is 4. The second-order valence-electron chi connectivity index (χ2n) is 4.52. The summed E-state index contributed by atoms with van der Waals surface area (Å²) in [7, 11) is 1.52. The highest BCUT2D eigenvalue weighted by Gasteiger charge is 2.19. The molecule has 21 heavy (non-hydrogen) atoms. The highest BCUT2D eigenvalue weighted by Crippen LogP contribution is 2.18. The summed E-state index contributed by atoms with van der Waals surface area (Å²) in [6.07, 6.45) is 2.18. The van der Waals surface area contributed by atoms with Gasteiger partial charge >= 0.3 is 0 Å². The molecule has 10 heteroatoms. The van der Waals surface area contributed by atoms with Crippen molar-refractivity contribution in [2.75, 3.05) is 26.0 Å². The van der Waals surface area contributed by atoms with Crippen LogP contribution in [0.5, 0.6) is 0 Å². The van der Waals surface area contributed by atoms with Crippen molar-refractivity contribution in [1.82, 2.24) is 30.8 Å². The maximum Gasteiger partial charge on any atom is 0.239 e. The standard InChI is InChI=1S/C11H18N6O3S/c1-12-9(18)5-13-10(19)7-21-11-14-15-16-17(11)6-8-3-2-4-20-8/h8H,2-7H2,1H3,(H,12,18)(H,13,19)/t8-/m0/s1. The van der Waals surface area contributed by atoms with Crippen LogP contribution in [0.25, 0.3) is 0 Å². The fourth-order valence-electron chi connectivity index (χ4n) is 1.84. The number of rotatable bonds is 7. The van der Waals surface area contributed by atoms with Crippen LogP contribution in [0, 0.1) is 0 Å². The summed E-state index contributed by atoms with van der Waals surface area (Å²) in [5, 5.41) is 16.9. The molecule has 1 aromatic rings. The molecule has 2 amide bonds. The van der Waals surface area contributed by atoms with Gasteiger partial charge in [-0.05, 0) is 23.3 Å². The van der Waals surface area contributed by atoms with E-state index < -0.39 is 0 Å². The second kappa shape index (κ2) is 7.93. The van der Waals surface area contributed by atoms with E-state index in [1.54, 1.807) is 4.68 Å². The van der Waals surface area contributed by atoms with Crippen molar-refractivity contribution in [3.05, 3.63) is 0 Å². The number of hydrogen-bond donors (Lipinski definition) is 2. The minimum Gasteiger partial charge on any atom is -0.376 e. The van der Waals surface area contributed by atoms with Gasteiger partial charge in [0.05, 0.1) is 24.9 Å². The van der Waals surface area contributed by atoms with Crippen LogP contribution in [0.4, 0.5) is 0 Å². The molecule has 2 rings (SSSR count). The highest BCUT2D eigenvalue weighted by molar-refractivity contribution is 7.99. The molecule has 1 aliphatic heterocycles. The maximum atomic E-state index is 11.6. The van der Waals surface area contributed by atoms with Crippen LogP contribution in [-0.4, -0.2) is 64.1 Å². The van der Waals surface area contributed by atoms with Crippen molar-refractivity contribution in [3.8, 4) is 0 Å². The lowest BCUT2D eigenvalue weighted by Crippen LogP contribution is -2.36. The van der Waals surface area contributed by atoms with E-state index >= 15 is 0 Å². The number of tetrazole rings is 1. The van der Waals surface area contributed by atoms with Crippen LogP contribution in [0.15, 0.2) is 5.16 Å². The van der Waals surface area contributed by atoms with Gasteiger partial charge in [0.25, 0.3) is 0 Å². The summed E-state index contributed by atoms with van der Waals surface area (Å²) >= 11 is 1.23. The average Bonchev–Trinajstić information content (AvgIpc) is 3.15. The Morgan fingerprint density at radius 3 is 3.05 bits per heavy atom. The summed E-state index contributed by atoms with van der Waals surface area (Å²) in [5.74, 6) is -0.324. The number of hydrogen-bond acceptors (Lipinski definition) is 7. The molecule has 0 aromatic carbocycles. The number of carbonyl (C=O) groups is 2. The Hall–Kier alpha value is -1.68. The van der Waals surface area contributed by atoms with Gasteiger partial charge in [-0.1, -0.05) is 11.8 Å². The van der Waals surface area contributed by atoms with E-state index in [2.05, 4.69) is 26.2 Å². The summed E-state index contributed by atoms with van der Waals surface area (Å²) in [6.45, 7) is 1.34. The smallest absolute Gasteiger partial charge is 0.239 e. The van der Waals surface area contributed by atoms with Crippen molar-refractivity contribution in [2.45, 2.75) is 30.6 Å². The van der Waals surface area contributed by atoms with Crippen LogP contribution in [0.3, 0.4) is 0 Å². The second-order valence-corrected chi connectivity index (χ2v) is 5.46. The minimum absolute atomic E-state index is 0.0310.